The summed E-state index contributed by atoms with van der Waals surface area (Å²) in [5.41, 5.74) is -0.214. The molecule has 3 nitrogen and oxygen atoms in total. The summed E-state index contributed by atoms with van der Waals surface area (Å²) in [7, 11) is 0. The fraction of sp³-hybridized carbons (Fsp3) is 0.400. The highest BCUT2D eigenvalue weighted by Gasteiger charge is 2.43. The fourth-order valence-corrected chi connectivity index (χ4v) is 1.36. The molecule has 4 heteroatoms. The maximum atomic E-state index is 10.7. The fourth-order valence-electron chi connectivity index (χ4n) is 1.12. The molecule has 1 aliphatic carbocycles. The van der Waals surface area contributed by atoms with Crippen LogP contribution in [-0.4, -0.2) is 17.9 Å². The number of pyridine rings is 1. The number of halogens is 1. The van der Waals surface area contributed by atoms with Gasteiger partial charge in [-0.2, -0.15) is 0 Å². The van der Waals surface area contributed by atoms with E-state index in [9.17, 15) is 4.79 Å². The van der Waals surface area contributed by atoms with E-state index in [2.05, 4.69) is 20.9 Å². The number of carbonyl (C=O) groups excluding carboxylic acids is 1. The molecule has 0 radical (unpaired) electrons. The summed E-state index contributed by atoms with van der Waals surface area (Å²) < 4.78 is 6.33. The Hall–Kier alpha value is -0.900. The first-order chi connectivity index (χ1) is 6.74. The highest BCUT2D eigenvalue weighted by atomic mass is 79.9. The van der Waals surface area contributed by atoms with Crippen molar-refractivity contribution >= 4 is 22.2 Å². The molecule has 0 amide bonds. The Morgan fingerprint density at radius 1 is 1.57 bits per heavy atom. The van der Waals surface area contributed by atoms with Crippen LogP contribution in [-0.2, 0) is 4.79 Å². The van der Waals surface area contributed by atoms with Crippen LogP contribution in [0.3, 0.4) is 0 Å². The van der Waals surface area contributed by atoms with Crippen molar-refractivity contribution in [1.82, 2.24) is 4.98 Å². The molecule has 1 aromatic rings. The van der Waals surface area contributed by atoms with Crippen LogP contribution in [0.2, 0.25) is 0 Å². The van der Waals surface area contributed by atoms with Crippen LogP contribution < -0.4 is 4.74 Å². The third kappa shape index (κ3) is 2.12. The number of hydrogen-bond donors (Lipinski definition) is 0. The molecule has 14 heavy (non-hydrogen) atoms. The molecule has 0 aliphatic heterocycles. The Kier molecular flexibility index (Phi) is 2.54. The number of hydrogen-bond acceptors (Lipinski definition) is 3. The van der Waals surface area contributed by atoms with Crippen molar-refractivity contribution in [3.8, 4) is 5.88 Å². The molecule has 0 saturated heterocycles. The molecular formula is C10H10BrNO2. The maximum Gasteiger partial charge on any atom is 0.213 e. The van der Waals surface area contributed by atoms with Gasteiger partial charge in [-0.25, -0.2) is 4.98 Å². The van der Waals surface area contributed by atoms with Crippen molar-refractivity contribution in [3.05, 3.63) is 22.8 Å². The van der Waals surface area contributed by atoms with Gasteiger partial charge in [0.1, 0.15) is 12.9 Å². The number of nitrogens with zero attached hydrogens (tertiary/aromatic N) is 1. The number of carbonyl (C=O) groups is 1. The average molecular weight is 256 g/mol. The Morgan fingerprint density at radius 2 is 2.36 bits per heavy atom. The molecule has 1 heterocycles. The molecule has 0 bridgehead atoms. The molecule has 1 saturated carbocycles. The number of ether oxygens (including phenoxy) is 1. The molecular weight excluding hydrogens is 246 g/mol. The minimum atomic E-state index is -0.214. The van der Waals surface area contributed by atoms with Crippen LogP contribution in [0.15, 0.2) is 22.8 Å². The first kappa shape index (κ1) is 9.65. The van der Waals surface area contributed by atoms with E-state index in [1.54, 1.807) is 12.3 Å². The number of rotatable bonds is 4. The van der Waals surface area contributed by atoms with Crippen LogP contribution in [0, 0.1) is 5.41 Å². The lowest BCUT2D eigenvalue weighted by molar-refractivity contribution is -0.113. The first-order valence-electron chi connectivity index (χ1n) is 4.45. The lowest BCUT2D eigenvalue weighted by atomic mass is 10.1. The quantitative estimate of drug-likeness (QED) is 0.775. The van der Waals surface area contributed by atoms with Crippen molar-refractivity contribution in [3.63, 3.8) is 0 Å². The minimum absolute atomic E-state index is 0.214. The molecule has 2 rings (SSSR count). The Morgan fingerprint density at radius 3 is 2.86 bits per heavy atom. The summed E-state index contributed by atoms with van der Waals surface area (Å²) in [6.07, 6.45) is 4.54. The van der Waals surface area contributed by atoms with Gasteiger partial charge in [0.05, 0.1) is 5.41 Å². The van der Waals surface area contributed by atoms with Gasteiger partial charge in [-0.05, 0) is 34.8 Å². The lowest BCUT2D eigenvalue weighted by Crippen LogP contribution is -2.14. The van der Waals surface area contributed by atoms with Crippen LogP contribution in [0.5, 0.6) is 5.88 Å². The zero-order valence-corrected chi connectivity index (χ0v) is 9.16. The van der Waals surface area contributed by atoms with Crippen LogP contribution in [0.4, 0.5) is 0 Å². The van der Waals surface area contributed by atoms with Gasteiger partial charge >= 0.3 is 0 Å². The molecule has 0 aromatic carbocycles. The second-order valence-corrected chi connectivity index (χ2v) is 4.50. The van der Waals surface area contributed by atoms with Gasteiger partial charge in [-0.3, -0.25) is 0 Å². The normalized spacial score (nSPS) is 17.5. The highest BCUT2D eigenvalue weighted by Crippen LogP contribution is 2.43. The monoisotopic (exact) mass is 255 g/mol. The van der Waals surface area contributed by atoms with Gasteiger partial charge in [-0.1, -0.05) is 0 Å². The van der Waals surface area contributed by atoms with E-state index >= 15 is 0 Å². The largest absolute Gasteiger partial charge is 0.477 e. The molecule has 1 aromatic heterocycles. The minimum Gasteiger partial charge on any atom is -0.477 e. The van der Waals surface area contributed by atoms with Gasteiger partial charge in [0, 0.05) is 16.7 Å². The Labute approximate surface area is 90.6 Å². The second-order valence-electron chi connectivity index (χ2n) is 3.58. The van der Waals surface area contributed by atoms with E-state index in [-0.39, 0.29) is 5.41 Å². The number of aldehydes is 1. The molecule has 1 aliphatic rings. The summed E-state index contributed by atoms with van der Waals surface area (Å²) in [4.78, 5) is 14.7. The second kappa shape index (κ2) is 3.69. The third-order valence-corrected chi connectivity index (χ3v) is 2.82. The van der Waals surface area contributed by atoms with E-state index < -0.39 is 0 Å². The molecule has 0 N–H and O–H groups in total. The first-order valence-corrected chi connectivity index (χ1v) is 5.24. The Balaban J connectivity index is 1.92. The SMILES string of the molecule is O=CC1(COc2ccc(Br)cn2)CC1. The summed E-state index contributed by atoms with van der Waals surface area (Å²) in [6, 6.07) is 3.65. The topological polar surface area (TPSA) is 39.2 Å². The van der Waals surface area contributed by atoms with Crippen LogP contribution in [0.1, 0.15) is 12.8 Å². The molecule has 0 spiro atoms. The van der Waals surface area contributed by atoms with Crippen molar-refractivity contribution < 1.29 is 9.53 Å². The van der Waals surface area contributed by atoms with Crippen LogP contribution >= 0.6 is 15.9 Å². The van der Waals surface area contributed by atoms with Gasteiger partial charge in [0.25, 0.3) is 0 Å². The standard InChI is InChI=1S/C10H10BrNO2/c11-8-1-2-9(12-5-8)14-7-10(6-13)3-4-10/h1-2,5-6H,3-4,7H2. The Bertz CT molecular complexity index is 332. The van der Waals surface area contributed by atoms with Crippen molar-refractivity contribution in [2.45, 2.75) is 12.8 Å². The van der Waals surface area contributed by atoms with E-state index in [0.29, 0.717) is 12.5 Å². The summed E-state index contributed by atoms with van der Waals surface area (Å²) in [5, 5.41) is 0. The van der Waals surface area contributed by atoms with E-state index in [4.69, 9.17) is 4.74 Å². The molecule has 0 atom stereocenters. The van der Waals surface area contributed by atoms with Gasteiger partial charge in [-0.15, -0.1) is 0 Å². The molecule has 74 valence electrons. The van der Waals surface area contributed by atoms with Gasteiger partial charge in [0.15, 0.2) is 0 Å². The predicted molar refractivity (Wildman–Crippen MR) is 55.2 cm³/mol. The van der Waals surface area contributed by atoms with E-state index in [1.807, 2.05) is 6.07 Å². The maximum absolute atomic E-state index is 10.7. The highest BCUT2D eigenvalue weighted by molar-refractivity contribution is 9.10. The third-order valence-electron chi connectivity index (χ3n) is 2.35. The van der Waals surface area contributed by atoms with E-state index in [1.165, 1.54) is 0 Å². The summed E-state index contributed by atoms with van der Waals surface area (Å²) >= 11 is 3.29. The number of aromatic nitrogens is 1. The van der Waals surface area contributed by atoms with Gasteiger partial charge in [0.2, 0.25) is 5.88 Å². The van der Waals surface area contributed by atoms with Gasteiger partial charge < -0.3 is 9.53 Å². The molecule has 0 unspecified atom stereocenters. The van der Waals surface area contributed by atoms with Crippen LogP contribution in [0.25, 0.3) is 0 Å². The average Bonchev–Trinajstić information content (AvgIpc) is 2.98. The van der Waals surface area contributed by atoms with Crippen molar-refractivity contribution in [2.75, 3.05) is 6.61 Å². The van der Waals surface area contributed by atoms with Crippen molar-refractivity contribution in [1.29, 1.82) is 0 Å². The smallest absolute Gasteiger partial charge is 0.213 e. The predicted octanol–water partition coefficient (Wildman–Crippen LogP) is 2.20. The zero-order valence-electron chi connectivity index (χ0n) is 7.57. The lowest BCUT2D eigenvalue weighted by Gasteiger charge is -2.08. The molecule has 1 fully saturated rings. The summed E-state index contributed by atoms with van der Waals surface area (Å²) in [5.74, 6) is 0.571. The van der Waals surface area contributed by atoms with E-state index in [0.717, 1.165) is 23.6 Å². The summed E-state index contributed by atoms with van der Waals surface area (Å²) in [6.45, 7) is 0.450. The van der Waals surface area contributed by atoms with Crippen molar-refractivity contribution in [2.24, 2.45) is 5.41 Å². The zero-order chi connectivity index (χ0) is 10.0.